The van der Waals surface area contributed by atoms with Gasteiger partial charge in [-0.3, -0.25) is 0 Å². The number of para-hydroxylation sites is 4. The predicted octanol–water partition coefficient (Wildman–Crippen LogP) is 11.4. The third-order valence-electron chi connectivity index (χ3n) is 8.77. The van der Waals surface area contributed by atoms with Gasteiger partial charge in [0.15, 0.2) is 11.4 Å². The zero-order valence-corrected chi connectivity index (χ0v) is 28.0. The Morgan fingerprint density at radius 1 is 0.400 bits per heavy atom. The Morgan fingerprint density at radius 2 is 0.700 bits per heavy atom. The molecule has 0 radical (unpaired) electrons. The van der Waals surface area contributed by atoms with Gasteiger partial charge in [0.1, 0.15) is 12.1 Å². The van der Waals surface area contributed by atoms with E-state index in [1.165, 1.54) is 19.6 Å². The van der Waals surface area contributed by atoms with Crippen molar-refractivity contribution in [1.29, 1.82) is 10.5 Å². The quantitative estimate of drug-likeness (QED) is 0.182. The van der Waals surface area contributed by atoms with Crippen LogP contribution < -0.4 is 9.80 Å². The van der Waals surface area contributed by atoms with E-state index in [0.717, 1.165) is 45.3 Å². The summed E-state index contributed by atoms with van der Waals surface area (Å²) < 4.78 is 0. The van der Waals surface area contributed by atoms with E-state index >= 15 is 0 Å². The van der Waals surface area contributed by atoms with Crippen LogP contribution in [0.15, 0.2) is 165 Å². The minimum Gasteiger partial charge on any atom is -0.308 e. The topological polar surface area (TPSA) is 79.8 Å². The number of nitrogens with zero attached hydrogens (tertiary/aromatic N) is 6. The van der Waals surface area contributed by atoms with Gasteiger partial charge in [0, 0.05) is 42.1 Å². The molecule has 2 aliphatic heterocycles. The molecule has 6 nitrogen and oxygen atoms in total. The highest BCUT2D eigenvalue weighted by molar-refractivity contribution is 8.00. The fraction of sp³-hybridized carbons (Fsp3) is 0. The lowest BCUT2D eigenvalue weighted by Gasteiger charge is -2.33. The van der Waals surface area contributed by atoms with E-state index in [1.807, 2.05) is 24.3 Å². The second-order valence-electron chi connectivity index (χ2n) is 11.7. The van der Waals surface area contributed by atoms with Crippen LogP contribution in [-0.2, 0) is 0 Å². The molecule has 50 heavy (non-hydrogen) atoms. The molecule has 0 spiro atoms. The van der Waals surface area contributed by atoms with Crippen LogP contribution in [-0.4, -0.2) is 9.97 Å². The number of hydrogen-bond donors (Lipinski definition) is 0. The van der Waals surface area contributed by atoms with Crippen LogP contribution in [0.3, 0.4) is 0 Å². The molecule has 0 bridgehead atoms. The third-order valence-corrected chi connectivity index (χ3v) is 11.0. The summed E-state index contributed by atoms with van der Waals surface area (Å²) in [5, 5.41) is 19.8. The van der Waals surface area contributed by atoms with Crippen LogP contribution in [0.4, 0.5) is 34.1 Å². The Bertz CT molecular complexity index is 2270. The highest BCUT2D eigenvalue weighted by atomic mass is 32.2. The van der Waals surface area contributed by atoms with Crippen molar-refractivity contribution in [1.82, 2.24) is 9.97 Å². The fourth-order valence-corrected chi connectivity index (χ4v) is 8.61. The van der Waals surface area contributed by atoms with Crippen molar-refractivity contribution in [3.05, 3.63) is 157 Å². The summed E-state index contributed by atoms with van der Waals surface area (Å²) in [5.41, 5.74) is 9.15. The maximum atomic E-state index is 9.90. The van der Waals surface area contributed by atoms with Crippen molar-refractivity contribution in [2.45, 2.75) is 19.6 Å². The summed E-state index contributed by atoms with van der Waals surface area (Å²) in [7, 11) is 0. The SMILES string of the molecule is N#Cc1nc(-c2ccc(N3c4ccccc4Sc4ccccc43)cc2)c(-c2ccc(N3c4ccccc4Sc4ccccc43)cc2)nc1C#N. The Labute approximate surface area is 297 Å². The fourth-order valence-electron chi connectivity index (χ4n) is 6.50. The van der Waals surface area contributed by atoms with Gasteiger partial charge in [-0.05, 0) is 72.8 Å². The monoisotopic (exact) mass is 676 g/mol. The number of aromatic nitrogens is 2. The molecule has 7 aromatic rings. The molecule has 0 atom stereocenters. The van der Waals surface area contributed by atoms with E-state index in [4.69, 9.17) is 9.97 Å². The smallest absolute Gasteiger partial charge is 0.177 e. The first kappa shape index (κ1) is 29.8. The van der Waals surface area contributed by atoms with E-state index in [1.54, 1.807) is 23.5 Å². The lowest BCUT2D eigenvalue weighted by Crippen LogP contribution is -2.14. The number of hydrogen-bond acceptors (Lipinski definition) is 8. The molecule has 1 aromatic heterocycles. The van der Waals surface area contributed by atoms with Gasteiger partial charge >= 0.3 is 0 Å². The van der Waals surface area contributed by atoms with Crippen LogP contribution in [0.25, 0.3) is 22.5 Å². The van der Waals surface area contributed by atoms with Gasteiger partial charge in [-0.25, -0.2) is 9.97 Å². The van der Waals surface area contributed by atoms with Crippen LogP contribution in [0.1, 0.15) is 11.4 Å². The Kier molecular flexibility index (Phi) is 7.32. The van der Waals surface area contributed by atoms with Crippen molar-refractivity contribution in [2.24, 2.45) is 0 Å². The number of nitriles is 2. The van der Waals surface area contributed by atoms with Crippen molar-refractivity contribution >= 4 is 57.6 Å². The average molecular weight is 677 g/mol. The largest absolute Gasteiger partial charge is 0.308 e. The van der Waals surface area contributed by atoms with Crippen LogP contribution in [0.2, 0.25) is 0 Å². The standard InChI is InChI=1S/C42H24N6S2/c43-25-31-32(26-44)46-42(28-19-23-30(24-20-28)48-35-11-3-7-15-39(35)50-40-16-8-4-12-36(40)48)41(45-31)27-17-21-29(22-18-27)47-33-9-1-5-13-37(33)49-38-14-6-2-10-34(38)47/h1-24H. The van der Waals surface area contributed by atoms with Gasteiger partial charge in [0.05, 0.1) is 34.1 Å². The van der Waals surface area contributed by atoms with Crippen LogP contribution in [0.5, 0.6) is 0 Å². The molecule has 0 saturated heterocycles. The minimum absolute atomic E-state index is 0.00175. The lowest BCUT2D eigenvalue weighted by molar-refractivity contribution is 1.13. The number of benzene rings is 6. The van der Waals surface area contributed by atoms with Crippen molar-refractivity contribution in [3.63, 3.8) is 0 Å². The van der Waals surface area contributed by atoms with Crippen LogP contribution in [0, 0.1) is 22.7 Å². The molecular formula is C42H24N6S2. The van der Waals surface area contributed by atoms with E-state index in [2.05, 4.69) is 143 Å². The van der Waals surface area contributed by atoms with Gasteiger partial charge in [-0.15, -0.1) is 0 Å². The van der Waals surface area contributed by atoms with Gasteiger partial charge in [0.2, 0.25) is 0 Å². The Balaban J connectivity index is 1.13. The first-order chi connectivity index (χ1) is 24.7. The summed E-state index contributed by atoms with van der Waals surface area (Å²) in [6.45, 7) is 0. The second kappa shape index (κ2) is 12.3. The van der Waals surface area contributed by atoms with Crippen molar-refractivity contribution in [2.75, 3.05) is 9.80 Å². The van der Waals surface area contributed by atoms with Gasteiger partial charge in [-0.2, -0.15) is 10.5 Å². The lowest BCUT2D eigenvalue weighted by atomic mass is 10.0. The van der Waals surface area contributed by atoms with Gasteiger partial charge in [0.25, 0.3) is 0 Å². The molecule has 8 heteroatoms. The molecule has 0 fully saturated rings. The van der Waals surface area contributed by atoms with E-state index in [0.29, 0.717) is 11.4 Å². The van der Waals surface area contributed by atoms with Crippen molar-refractivity contribution < 1.29 is 0 Å². The zero-order chi connectivity index (χ0) is 33.6. The molecule has 3 heterocycles. The van der Waals surface area contributed by atoms with E-state index in [9.17, 15) is 10.5 Å². The highest BCUT2D eigenvalue weighted by Crippen LogP contribution is 2.52. The zero-order valence-electron chi connectivity index (χ0n) is 26.4. The normalized spacial score (nSPS) is 12.5. The van der Waals surface area contributed by atoms with E-state index in [-0.39, 0.29) is 11.4 Å². The molecule has 0 unspecified atom stereocenters. The molecule has 0 amide bonds. The van der Waals surface area contributed by atoms with Crippen LogP contribution >= 0.6 is 23.5 Å². The minimum atomic E-state index is 0.00175. The molecule has 6 aromatic carbocycles. The Morgan fingerprint density at radius 3 is 1.00 bits per heavy atom. The molecule has 0 aliphatic carbocycles. The predicted molar refractivity (Wildman–Crippen MR) is 200 cm³/mol. The maximum absolute atomic E-state index is 9.90. The summed E-state index contributed by atoms with van der Waals surface area (Å²) in [4.78, 5) is 18.7. The van der Waals surface area contributed by atoms with Gasteiger partial charge < -0.3 is 9.80 Å². The number of fused-ring (bicyclic) bond motifs is 4. The molecule has 0 N–H and O–H groups in total. The summed E-state index contributed by atoms with van der Waals surface area (Å²) in [5.74, 6) is 0. The Hall–Kier alpha value is -6.32. The first-order valence-electron chi connectivity index (χ1n) is 16.0. The summed E-state index contributed by atoms with van der Waals surface area (Å²) in [6, 6.07) is 54.1. The average Bonchev–Trinajstić information content (AvgIpc) is 3.18. The summed E-state index contributed by atoms with van der Waals surface area (Å²) in [6.07, 6.45) is 0. The molecule has 2 aliphatic rings. The number of rotatable bonds is 4. The summed E-state index contributed by atoms with van der Waals surface area (Å²) >= 11 is 3.54. The highest BCUT2D eigenvalue weighted by Gasteiger charge is 2.26. The molecule has 234 valence electrons. The molecule has 9 rings (SSSR count). The maximum Gasteiger partial charge on any atom is 0.177 e. The first-order valence-corrected chi connectivity index (χ1v) is 17.6. The number of anilines is 6. The van der Waals surface area contributed by atoms with Gasteiger partial charge in [-0.1, -0.05) is 96.3 Å². The van der Waals surface area contributed by atoms with E-state index < -0.39 is 0 Å². The van der Waals surface area contributed by atoms with Crippen molar-refractivity contribution in [3.8, 4) is 34.7 Å². The second-order valence-corrected chi connectivity index (χ2v) is 13.8. The molecule has 0 saturated carbocycles. The third kappa shape index (κ3) is 4.98. The molecular weight excluding hydrogens is 653 g/mol.